The lowest BCUT2D eigenvalue weighted by atomic mass is 9.94. The molecule has 7 heteroatoms. The summed E-state index contributed by atoms with van der Waals surface area (Å²) < 4.78 is 0. The van der Waals surface area contributed by atoms with Gasteiger partial charge in [0.25, 0.3) is 11.6 Å². The zero-order chi connectivity index (χ0) is 16.7. The summed E-state index contributed by atoms with van der Waals surface area (Å²) in [6.07, 6.45) is 1.52. The van der Waals surface area contributed by atoms with Crippen LogP contribution in [0.4, 0.5) is 5.69 Å². The Labute approximate surface area is 134 Å². The second-order valence-corrected chi connectivity index (χ2v) is 6.05. The zero-order valence-corrected chi connectivity index (χ0v) is 13.5. The van der Waals surface area contributed by atoms with Gasteiger partial charge in [-0.25, -0.2) is 0 Å². The lowest BCUT2D eigenvalue weighted by Gasteiger charge is -2.18. The molecule has 22 heavy (non-hydrogen) atoms. The van der Waals surface area contributed by atoms with Crippen LogP contribution in [0.5, 0.6) is 0 Å². The molecule has 0 radical (unpaired) electrons. The first kappa shape index (κ1) is 18.4. The number of aliphatic hydroxyl groups is 1. The molecule has 0 bridgehead atoms. The molecule has 1 aromatic rings. The maximum absolute atomic E-state index is 12.1. The van der Waals surface area contributed by atoms with E-state index in [4.69, 9.17) is 16.7 Å². The van der Waals surface area contributed by atoms with Crippen molar-refractivity contribution < 1.29 is 14.8 Å². The fourth-order valence-electron chi connectivity index (χ4n) is 2.29. The van der Waals surface area contributed by atoms with Crippen LogP contribution in [0.1, 0.15) is 37.0 Å². The highest BCUT2D eigenvalue weighted by Gasteiger charge is 2.17. The number of hydrogen-bond donors (Lipinski definition) is 2. The van der Waals surface area contributed by atoms with E-state index in [0.29, 0.717) is 18.9 Å². The molecule has 0 aliphatic carbocycles. The molecule has 0 spiro atoms. The number of non-ortho nitro benzene ring substituents is 1. The highest BCUT2D eigenvalue weighted by Crippen LogP contribution is 2.22. The van der Waals surface area contributed by atoms with Crippen molar-refractivity contribution in [2.45, 2.75) is 26.7 Å². The predicted molar refractivity (Wildman–Crippen MR) is 85.1 cm³/mol. The molecule has 0 heterocycles. The van der Waals surface area contributed by atoms with Crippen LogP contribution in [0.25, 0.3) is 0 Å². The molecule has 0 aromatic heterocycles. The summed E-state index contributed by atoms with van der Waals surface area (Å²) in [5, 5.41) is 22.5. The quantitative estimate of drug-likeness (QED) is 0.566. The molecule has 0 fully saturated rings. The summed E-state index contributed by atoms with van der Waals surface area (Å²) in [4.78, 5) is 22.2. The number of amides is 1. The average Bonchev–Trinajstić information content (AvgIpc) is 2.43. The van der Waals surface area contributed by atoms with Crippen molar-refractivity contribution in [3.05, 3.63) is 38.9 Å². The molecule has 1 amide bonds. The Balaban J connectivity index is 2.70. The Morgan fingerprint density at radius 3 is 2.64 bits per heavy atom. The van der Waals surface area contributed by atoms with Crippen molar-refractivity contribution in [2.24, 2.45) is 11.8 Å². The van der Waals surface area contributed by atoms with E-state index in [1.165, 1.54) is 12.1 Å². The van der Waals surface area contributed by atoms with Gasteiger partial charge in [0.1, 0.15) is 0 Å². The number of carbonyl (C=O) groups excluding carboxylic acids is 1. The molecule has 0 aliphatic heterocycles. The van der Waals surface area contributed by atoms with Crippen LogP contribution in [-0.2, 0) is 0 Å². The van der Waals surface area contributed by atoms with E-state index >= 15 is 0 Å². The summed E-state index contributed by atoms with van der Waals surface area (Å²) in [5.41, 5.74) is 0.0547. The average molecular weight is 329 g/mol. The number of nitro benzene ring substituents is 1. The Bertz CT molecular complexity index is 534. The number of rotatable bonds is 8. The summed E-state index contributed by atoms with van der Waals surface area (Å²) >= 11 is 5.92. The Morgan fingerprint density at radius 2 is 2.14 bits per heavy atom. The van der Waals surface area contributed by atoms with Gasteiger partial charge in [-0.3, -0.25) is 14.9 Å². The SMILES string of the molecule is CC(C)CC(CCO)CNC(=O)c1ccc([N+](=O)[O-])cc1Cl. The van der Waals surface area contributed by atoms with Crippen LogP contribution in [0.15, 0.2) is 18.2 Å². The molecule has 6 nitrogen and oxygen atoms in total. The molecular weight excluding hydrogens is 308 g/mol. The van der Waals surface area contributed by atoms with Crippen LogP contribution in [0.3, 0.4) is 0 Å². The second-order valence-electron chi connectivity index (χ2n) is 5.64. The van der Waals surface area contributed by atoms with Gasteiger partial charge >= 0.3 is 0 Å². The number of nitro groups is 1. The minimum Gasteiger partial charge on any atom is -0.396 e. The maximum Gasteiger partial charge on any atom is 0.270 e. The zero-order valence-electron chi connectivity index (χ0n) is 12.7. The normalized spacial score (nSPS) is 12.2. The topological polar surface area (TPSA) is 92.5 Å². The van der Waals surface area contributed by atoms with Gasteiger partial charge in [0, 0.05) is 25.3 Å². The van der Waals surface area contributed by atoms with Gasteiger partial charge in [-0.2, -0.15) is 0 Å². The highest BCUT2D eigenvalue weighted by molar-refractivity contribution is 6.34. The summed E-state index contributed by atoms with van der Waals surface area (Å²) in [7, 11) is 0. The van der Waals surface area contributed by atoms with Crippen LogP contribution >= 0.6 is 11.6 Å². The Morgan fingerprint density at radius 1 is 1.45 bits per heavy atom. The number of halogens is 1. The van der Waals surface area contributed by atoms with Crippen LogP contribution in [0.2, 0.25) is 5.02 Å². The van der Waals surface area contributed by atoms with Gasteiger partial charge < -0.3 is 10.4 Å². The summed E-state index contributed by atoms with van der Waals surface area (Å²) in [5.74, 6) is 0.286. The Hall–Kier alpha value is -1.66. The van der Waals surface area contributed by atoms with Gasteiger partial charge in [0.2, 0.25) is 0 Å². The van der Waals surface area contributed by atoms with E-state index in [1.807, 2.05) is 0 Å². The third-order valence-corrected chi connectivity index (χ3v) is 3.61. The van der Waals surface area contributed by atoms with E-state index in [9.17, 15) is 14.9 Å². The van der Waals surface area contributed by atoms with E-state index in [-0.39, 0.29) is 34.7 Å². The minimum atomic E-state index is -0.562. The highest BCUT2D eigenvalue weighted by atomic mass is 35.5. The van der Waals surface area contributed by atoms with Crippen LogP contribution in [0, 0.1) is 22.0 Å². The first-order valence-electron chi connectivity index (χ1n) is 7.18. The summed E-state index contributed by atoms with van der Waals surface area (Å²) in [6, 6.07) is 3.76. The minimum absolute atomic E-state index is 0.0502. The standard InChI is InChI=1S/C15H21ClN2O4/c1-10(2)7-11(5-6-19)9-17-15(20)13-4-3-12(18(21)22)8-14(13)16/h3-4,8,10-11,19H,5-7,9H2,1-2H3,(H,17,20). The number of hydrogen-bond acceptors (Lipinski definition) is 4. The molecule has 1 atom stereocenters. The van der Waals surface area contributed by atoms with E-state index in [2.05, 4.69) is 19.2 Å². The lowest BCUT2D eigenvalue weighted by molar-refractivity contribution is -0.384. The van der Waals surface area contributed by atoms with Gasteiger partial charge in [-0.15, -0.1) is 0 Å². The van der Waals surface area contributed by atoms with Crippen LogP contribution < -0.4 is 5.32 Å². The van der Waals surface area contributed by atoms with Gasteiger partial charge in [0.15, 0.2) is 0 Å². The Kier molecular flexibility index (Phi) is 7.27. The molecule has 122 valence electrons. The monoisotopic (exact) mass is 328 g/mol. The first-order chi connectivity index (χ1) is 10.3. The third-order valence-electron chi connectivity index (χ3n) is 3.30. The molecule has 0 aliphatic rings. The third kappa shape index (κ3) is 5.61. The smallest absolute Gasteiger partial charge is 0.270 e. The molecule has 1 aromatic carbocycles. The number of nitrogens with zero attached hydrogens (tertiary/aromatic N) is 1. The molecule has 2 N–H and O–H groups in total. The molecular formula is C15H21ClN2O4. The van der Waals surface area contributed by atoms with Crippen molar-refractivity contribution in [1.29, 1.82) is 0 Å². The van der Waals surface area contributed by atoms with Crippen molar-refractivity contribution in [1.82, 2.24) is 5.32 Å². The van der Waals surface area contributed by atoms with E-state index in [1.54, 1.807) is 0 Å². The lowest BCUT2D eigenvalue weighted by Crippen LogP contribution is -2.30. The number of carbonyl (C=O) groups is 1. The van der Waals surface area contributed by atoms with Gasteiger partial charge in [-0.1, -0.05) is 25.4 Å². The van der Waals surface area contributed by atoms with Gasteiger partial charge in [0.05, 0.1) is 15.5 Å². The number of aliphatic hydroxyl groups excluding tert-OH is 1. The van der Waals surface area contributed by atoms with Crippen molar-refractivity contribution in [3.8, 4) is 0 Å². The molecule has 1 unspecified atom stereocenters. The largest absolute Gasteiger partial charge is 0.396 e. The van der Waals surface area contributed by atoms with E-state index < -0.39 is 4.92 Å². The number of nitrogens with one attached hydrogen (secondary N) is 1. The van der Waals surface area contributed by atoms with Crippen molar-refractivity contribution in [2.75, 3.05) is 13.2 Å². The first-order valence-corrected chi connectivity index (χ1v) is 7.56. The second kappa shape index (κ2) is 8.70. The maximum atomic E-state index is 12.1. The predicted octanol–water partition coefficient (Wildman–Crippen LogP) is 3.02. The van der Waals surface area contributed by atoms with Crippen LogP contribution in [-0.4, -0.2) is 29.1 Å². The molecule has 0 saturated carbocycles. The fraction of sp³-hybridized carbons (Fsp3) is 0.533. The van der Waals surface area contributed by atoms with Crippen molar-refractivity contribution >= 4 is 23.2 Å². The van der Waals surface area contributed by atoms with E-state index in [0.717, 1.165) is 12.5 Å². The molecule has 1 rings (SSSR count). The van der Waals surface area contributed by atoms with Gasteiger partial charge in [-0.05, 0) is 30.7 Å². The molecule has 0 saturated heterocycles. The number of benzene rings is 1. The fourth-order valence-corrected chi connectivity index (χ4v) is 2.55. The van der Waals surface area contributed by atoms with Crippen molar-refractivity contribution in [3.63, 3.8) is 0 Å². The summed E-state index contributed by atoms with van der Waals surface area (Å²) in [6.45, 7) is 4.68.